The molecule has 3 rings (SSSR count). The molecule has 0 aromatic heterocycles. The number of amides is 2. The molecule has 30 heavy (non-hydrogen) atoms. The van der Waals surface area contributed by atoms with Crippen molar-refractivity contribution in [1.82, 2.24) is 5.32 Å². The first-order valence-electron chi connectivity index (χ1n) is 10.00. The van der Waals surface area contributed by atoms with Crippen LogP contribution in [0.15, 0.2) is 42.5 Å². The number of hydrogen-bond donors (Lipinski definition) is 2. The highest BCUT2D eigenvalue weighted by atomic mass is 19.1. The molecule has 1 heterocycles. The minimum atomic E-state index is -0.444. The van der Waals surface area contributed by atoms with E-state index >= 15 is 0 Å². The summed E-state index contributed by atoms with van der Waals surface area (Å²) in [5.41, 5.74) is 7.83. The quantitative estimate of drug-likeness (QED) is 0.754. The Morgan fingerprint density at radius 3 is 2.53 bits per heavy atom. The Bertz CT molecular complexity index is 922. The van der Waals surface area contributed by atoms with Crippen LogP contribution in [0.4, 0.5) is 14.9 Å². The zero-order valence-electron chi connectivity index (χ0n) is 17.6. The Kier molecular flexibility index (Phi) is 6.41. The molecule has 0 spiro atoms. The molecule has 0 saturated carbocycles. The van der Waals surface area contributed by atoms with Crippen molar-refractivity contribution in [1.29, 1.82) is 0 Å². The van der Waals surface area contributed by atoms with Crippen molar-refractivity contribution in [2.75, 3.05) is 18.0 Å². The number of ether oxygens (including phenoxy) is 1. The van der Waals surface area contributed by atoms with E-state index in [-0.39, 0.29) is 24.0 Å². The van der Waals surface area contributed by atoms with E-state index in [1.807, 2.05) is 12.1 Å². The minimum absolute atomic E-state index is 0.0371. The molecule has 3 N–H and O–H groups in total. The smallest absolute Gasteiger partial charge is 0.414 e. The van der Waals surface area contributed by atoms with Gasteiger partial charge in [0.2, 0.25) is 5.91 Å². The summed E-state index contributed by atoms with van der Waals surface area (Å²) >= 11 is 0. The van der Waals surface area contributed by atoms with Crippen LogP contribution < -0.4 is 16.0 Å². The maximum absolute atomic E-state index is 14.8. The van der Waals surface area contributed by atoms with Gasteiger partial charge in [-0.2, -0.15) is 0 Å². The summed E-state index contributed by atoms with van der Waals surface area (Å²) in [6, 6.07) is 12.0. The maximum Gasteiger partial charge on any atom is 0.414 e. The second kappa shape index (κ2) is 8.83. The highest BCUT2D eigenvalue weighted by Crippen LogP contribution is 2.32. The fourth-order valence-electron chi connectivity index (χ4n) is 3.50. The zero-order chi connectivity index (χ0) is 21.9. The van der Waals surface area contributed by atoms with Crippen LogP contribution in [0.2, 0.25) is 0 Å². The van der Waals surface area contributed by atoms with Crippen LogP contribution in [0.5, 0.6) is 0 Å². The van der Waals surface area contributed by atoms with Crippen molar-refractivity contribution in [2.24, 2.45) is 11.1 Å². The first-order valence-corrected chi connectivity index (χ1v) is 10.00. The fraction of sp³-hybridized carbons (Fsp3) is 0.391. The van der Waals surface area contributed by atoms with E-state index in [0.29, 0.717) is 29.9 Å². The predicted molar refractivity (Wildman–Crippen MR) is 114 cm³/mol. The van der Waals surface area contributed by atoms with Gasteiger partial charge in [-0.25, -0.2) is 9.18 Å². The van der Waals surface area contributed by atoms with Crippen LogP contribution in [-0.4, -0.2) is 31.2 Å². The largest absolute Gasteiger partial charge is 0.444 e. The third-order valence-electron chi connectivity index (χ3n) is 4.92. The SMILES string of the molecule is CC(C)(C)C[C@H]1CN(c2ccc(-c3ccc(CNC(=O)CN)cc3)c(F)c2)C(=O)O1. The zero-order valence-corrected chi connectivity index (χ0v) is 17.6. The van der Waals surface area contributed by atoms with Gasteiger partial charge in [0.05, 0.1) is 18.8 Å². The molecule has 0 bridgehead atoms. The summed E-state index contributed by atoms with van der Waals surface area (Å²) < 4.78 is 20.3. The van der Waals surface area contributed by atoms with Crippen LogP contribution in [0.1, 0.15) is 32.8 Å². The maximum atomic E-state index is 14.8. The number of carbonyl (C=O) groups excluding carboxylic acids is 2. The number of anilines is 1. The summed E-state index contributed by atoms with van der Waals surface area (Å²) in [6.45, 7) is 7.00. The van der Waals surface area contributed by atoms with Crippen LogP contribution in [-0.2, 0) is 16.1 Å². The van der Waals surface area contributed by atoms with Gasteiger partial charge in [0.1, 0.15) is 11.9 Å². The number of cyclic esters (lactones) is 1. The van der Waals surface area contributed by atoms with Crippen molar-refractivity contribution in [3.05, 3.63) is 53.8 Å². The average molecular weight is 413 g/mol. The number of nitrogens with zero attached hydrogens (tertiary/aromatic N) is 1. The first kappa shape index (κ1) is 21.8. The van der Waals surface area contributed by atoms with Gasteiger partial charge < -0.3 is 15.8 Å². The van der Waals surface area contributed by atoms with Gasteiger partial charge in [0.25, 0.3) is 0 Å². The minimum Gasteiger partial charge on any atom is -0.444 e. The molecular weight excluding hydrogens is 385 g/mol. The molecule has 1 saturated heterocycles. The molecule has 160 valence electrons. The molecule has 1 aliphatic heterocycles. The molecule has 2 aromatic carbocycles. The standard InChI is InChI=1S/C23H28FN3O3/c1-23(2,3)11-18-14-27(22(29)30-18)17-8-9-19(20(24)10-17)16-6-4-15(5-7-16)13-26-21(28)12-25/h4-10,18H,11-14,25H2,1-3H3,(H,26,28)/t18-/m0/s1. The predicted octanol–water partition coefficient (Wildman–Crippen LogP) is 3.83. The second-order valence-electron chi connectivity index (χ2n) is 8.72. The molecule has 6 nitrogen and oxygen atoms in total. The molecule has 0 aliphatic carbocycles. The number of rotatable bonds is 6. The highest BCUT2D eigenvalue weighted by Gasteiger charge is 2.35. The molecule has 0 radical (unpaired) electrons. The lowest BCUT2D eigenvalue weighted by Gasteiger charge is -2.21. The molecule has 1 fully saturated rings. The molecule has 1 aliphatic rings. The molecule has 1 atom stereocenters. The summed E-state index contributed by atoms with van der Waals surface area (Å²) in [7, 11) is 0. The number of nitrogens with two attached hydrogens (primary N) is 1. The summed E-state index contributed by atoms with van der Waals surface area (Å²) in [5.74, 6) is -0.644. The van der Waals surface area contributed by atoms with Gasteiger partial charge in [0.15, 0.2) is 0 Å². The summed E-state index contributed by atoms with van der Waals surface area (Å²) in [6.07, 6.45) is 0.0984. The van der Waals surface area contributed by atoms with Gasteiger partial charge in [-0.1, -0.05) is 45.0 Å². The summed E-state index contributed by atoms with van der Waals surface area (Å²) in [4.78, 5) is 25.0. The van der Waals surface area contributed by atoms with E-state index in [4.69, 9.17) is 10.5 Å². The lowest BCUT2D eigenvalue weighted by Crippen LogP contribution is -2.29. The van der Waals surface area contributed by atoms with Gasteiger partial charge in [0, 0.05) is 12.1 Å². The van der Waals surface area contributed by atoms with Crippen LogP contribution in [0.25, 0.3) is 11.1 Å². The monoisotopic (exact) mass is 413 g/mol. The Labute approximate surface area is 176 Å². The third kappa shape index (κ3) is 5.36. The van der Waals surface area contributed by atoms with E-state index in [9.17, 15) is 14.0 Å². The van der Waals surface area contributed by atoms with E-state index in [0.717, 1.165) is 12.0 Å². The molecule has 2 amide bonds. The number of carbonyl (C=O) groups is 2. The van der Waals surface area contributed by atoms with Crippen LogP contribution in [0, 0.1) is 11.2 Å². The van der Waals surface area contributed by atoms with E-state index in [1.165, 1.54) is 11.0 Å². The number of hydrogen-bond acceptors (Lipinski definition) is 4. The molecule has 2 aromatic rings. The molecule has 7 heteroatoms. The first-order chi connectivity index (χ1) is 14.2. The average Bonchev–Trinajstić information content (AvgIpc) is 3.04. The van der Waals surface area contributed by atoms with E-state index < -0.39 is 11.9 Å². The van der Waals surface area contributed by atoms with Gasteiger partial charge in [-0.3, -0.25) is 9.69 Å². The fourth-order valence-corrected chi connectivity index (χ4v) is 3.50. The van der Waals surface area contributed by atoms with Crippen molar-refractivity contribution < 1.29 is 18.7 Å². The second-order valence-corrected chi connectivity index (χ2v) is 8.72. The van der Waals surface area contributed by atoms with E-state index in [1.54, 1.807) is 24.3 Å². The van der Waals surface area contributed by atoms with Crippen molar-refractivity contribution in [2.45, 2.75) is 39.8 Å². The van der Waals surface area contributed by atoms with Gasteiger partial charge >= 0.3 is 6.09 Å². The van der Waals surface area contributed by atoms with Crippen molar-refractivity contribution in [3.63, 3.8) is 0 Å². The normalized spacial score (nSPS) is 16.5. The van der Waals surface area contributed by atoms with Crippen LogP contribution >= 0.6 is 0 Å². The Morgan fingerprint density at radius 1 is 1.23 bits per heavy atom. The molecular formula is C23H28FN3O3. The lowest BCUT2D eigenvalue weighted by atomic mass is 9.89. The van der Waals surface area contributed by atoms with Gasteiger partial charge in [-0.15, -0.1) is 0 Å². The number of benzene rings is 2. The lowest BCUT2D eigenvalue weighted by molar-refractivity contribution is -0.119. The topological polar surface area (TPSA) is 84.7 Å². The number of nitrogens with one attached hydrogen (secondary N) is 1. The Hall–Kier alpha value is -2.93. The summed E-state index contributed by atoms with van der Waals surface area (Å²) in [5, 5.41) is 2.69. The van der Waals surface area contributed by atoms with Crippen molar-refractivity contribution in [3.8, 4) is 11.1 Å². The Balaban J connectivity index is 1.71. The van der Waals surface area contributed by atoms with Crippen molar-refractivity contribution >= 4 is 17.7 Å². The van der Waals surface area contributed by atoms with E-state index in [2.05, 4.69) is 26.1 Å². The third-order valence-corrected chi connectivity index (χ3v) is 4.92. The number of halogens is 1. The Morgan fingerprint density at radius 2 is 1.93 bits per heavy atom. The highest BCUT2D eigenvalue weighted by molar-refractivity contribution is 5.90. The molecule has 0 unspecified atom stereocenters. The van der Waals surface area contributed by atoms with Crippen LogP contribution in [0.3, 0.4) is 0 Å². The van der Waals surface area contributed by atoms with Gasteiger partial charge in [-0.05, 0) is 41.2 Å².